The summed E-state index contributed by atoms with van der Waals surface area (Å²) < 4.78 is 0. The lowest BCUT2D eigenvalue weighted by molar-refractivity contribution is 0.0685. The van der Waals surface area contributed by atoms with Gasteiger partial charge in [-0.1, -0.05) is 38.1 Å². The zero-order chi connectivity index (χ0) is 14.2. The van der Waals surface area contributed by atoms with E-state index in [4.69, 9.17) is 5.73 Å². The molecule has 0 fully saturated rings. The molecule has 2 nitrogen and oxygen atoms in total. The highest BCUT2D eigenvalue weighted by Gasteiger charge is 2.37. The van der Waals surface area contributed by atoms with Gasteiger partial charge in [-0.2, -0.15) is 0 Å². The first-order chi connectivity index (χ1) is 8.88. The summed E-state index contributed by atoms with van der Waals surface area (Å²) in [6, 6.07) is 9.24. The third kappa shape index (κ3) is 2.56. The maximum Gasteiger partial charge on any atom is 0.0456 e. The summed E-state index contributed by atoms with van der Waals surface area (Å²) in [4.78, 5) is 2.49. The molecule has 1 aromatic rings. The molecule has 0 heterocycles. The molecule has 0 bridgehead atoms. The number of fused-ring (bicyclic) bond motifs is 1. The molecular formula is C17H28N2. The van der Waals surface area contributed by atoms with Crippen molar-refractivity contribution in [2.24, 2.45) is 5.73 Å². The number of rotatable bonds is 3. The molecule has 2 N–H and O–H groups in total. The van der Waals surface area contributed by atoms with E-state index in [1.54, 1.807) is 0 Å². The molecular weight excluding hydrogens is 232 g/mol. The first kappa shape index (κ1) is 14.5. The normalized spacial score (nSPS) is 27.4. The summed E-state index contributed by atoms with van der Waals surface area (Å²) >= 11 is 0. The third-order valence-electron chi connectivity index (χ3n) is 5.21. The van der Waals surface area contributed by atoms with Crippen molar-refractivity contribution in [1.82, 2.24) is 4.90 Å². The number of benzene rings is 1. The van der Waals surface area contributed by atoms with E-state index in [9.17, 15) is 0 Å². The molecule has 0 amide bonds. The predicted octanol–water partition coefficient (Wildman–Crippen LogP) is 3.68. The minimum Gasteiger partial charge on any atom is -0.323 e. The Kier molecular flexibility index (Phi) is 4.03. The standard InChI is InChI=1S/C17H28N2/c1-6-17(3,4)19(5)15-11-12(2)13-9-7-8-10-14(13)16(15)18/h7-10,12,15-16H,6,11,18H2,1-5H3. The molecule has 0 aliphatic heterocycles. The molecule has 1 aromatic carbocycles. The molecule has 19 heavy (non-hydrogen) atoms. The van der Waals surface area contributed by atoms with Crippen LogP contribution < -0.4 is 5.73 Å². The first-order valence-electron chi connectivity index (χ1n) is 7.45. The molecule has 0 radical (unpaired) electrons. The van der Waals surface area contributed by atoms with E-state index in [1.165, 1.54) is 11.1 Å². The van der Waals surface area contributed by atoms with E-state index >= 15 is 0 Å². The topological polar surface area (TPSA) is 29.3 Å². The zero-order valence-electron chi connectivity index (χ0n) is 13.0. The SMILES string of the molecule is CCC(C)(C)N(C)C1CC(C)c2ccccc2C1N. The Labute approximate surface area is 118 Å². The fraction of sp³-hybridized carbons (Fsp3) is 0.647. The molecule has 3 unspecified atom stereocenters. The number of hydrogen-bond acceptors (Lipinski definition) is 2. The summed E-state index contributed by atoms with van der Waals surface area (Å²) in [5.41, 5.74) is 9.54. The minimum absolute atomic E-state index is 0.128. The number of nitrogens with zero attached hydrogens (tertiary/aromatic N) is 1. The second kappa shape index (κ2) is 5.26. The van der Waals surface area contributed by atoms with Crippen LogP contribution in [0.4, 0.5) is 0 Å². The van der Waals surface area contributed by atoms with Crippen molar-refractivity contribution in [3.05, 3.63) is 35.4 Å². The Morgan fingerprint density at radius 1 is 1.26 bits per heavy atom. The number of likely N-dealkylation sites (N-methyl/N-ethyl adjacent to an activating group) is 1. The van der Waals surface area contributed by atoms with Gasteiger partial charge in [0.1, 0.15) is 0 Å². The summed E-state index contributed by atoms with van der Waals surface area (Å²) in [7, 11) is 2.23. The predicted molar refractivity (Wildman–Crippen MR) is 82.3 cm³/mol. The quantitative estimate of drug-likeness (QED) is 0.898. The number of hydrogen-bond donors (Lipinski definition) is 1. The molecule has 1 aliphatic rings. The van der Waals surface area contributed by atoms with Gasteiger partial charge in [0.25, 0.3) is 0 Å². The lowest BCUT2D eigenvalue weighted by atomic mass is 9.76. The van der Waals surface area contributed by atoms with Crippen LogP contribution in [-0.4, -0.2) is 23.5 Å². The van der Waals surface area contributed by atoms with Gasteiger partial charge in [0.15, 0.2) is 0 Å². The molecule has 0 aromatic heterocycles. The van der Waals surface area contributed by atoms with E-state index in [2.05, 4.69) is 63.9 Å². The molecule has 3 atom stereocenters. The van der Waals surface area contributed by atoms with Gasteiger partial charge in [-0.15, -0.1) is 0 Å². The van der Waals surface area contributed by atoms with Crippen molar-refractivity contribution in [2.45, 2.75) is 64.1 Å². The largest absolute Gasteiger partial charge is 0.323 e. The molecule has 0 saturated heterocycles. The molecule has 2 heteroatoms. The Morgan fingerprint density at radius 2 is 1.84 bits per heavy atom. The maximum absolute atomic E-state index is 6.56. The highest BCUT2D eigenvalue weighted by molar-refractivity contribution is 5.36. The van der Waals surface area contributed by atoms with Gasteiger partial charge in [0, 0.05) is 17.6 Å². The molecule has 1 aliphatic carbocycles. The van der Waals surface area contributed by atoms with Crippen LogP contribution in [-0.2, 0) is 0 Å². The van der Waals surface area contributed by atoms with E-state index in [0.29, 0.717) is 12.0 Å². The summed E-state index contributed by atoms with van der Waals surface area (Å²) in [6.07, 6.45) is 2.29. The van der Waals surface area contributed by atoms with Crippen molar-refractivity contribution in [3.63, 3.8) is 0 Å². The van der Waals surface area contributed by atoms with Gasteiger partial charge in [0.05, 0.1) is 0 Å². The van der Waals surface area contributed by atoms with E-state index < -0.39 is 0 Å². The summed E-state index contributed by atoms with van der Waals surface area (Å²) in [6.45, 7) is 9.20. The van der Waals surface area contributed by atoms with Crippen LogP contribution in [0.2, 0.25) is 0 Å². The van der Waals surface area contributed by atoms with Crippen molar-refractivity contribution in [2.75, 3.05) is 7.05 Å². The number of nitrogens with two attached hydrogens (primary N) is 1. The van der Waals surface area contributed by atoms with Gasteiger partial charge >= 0.3 is 0 Å². The molecule has 2 rings (SSSR count). The highest BCUT2D eigenvalue weighted by Crippen LogP contribution is 2.40. The van der Waals surface area contributed by atoms with Gasteiger partial charge in [-0.25, -0.2) is 0 Å². The van der Waals surface area contributed by atoms with Crippen molar-refractivity contribution in [3.8, 4) is 0 Å². The van der Waals surface area contributed by atoms with Crippen molar-refractivity contribution in [1.29, 1.82) is 0 Å². The molecule has 0 spiro atoms. The van der Waals surface area contributed by atoms with Crippen LogP contribution >= 0.6 is 0 Å². The Bertz CT molecular complexity index is 439. The Balaban J connectivity index is 2.32. The van der Waals surface area contributed by atoms with Crippen LogP contribution in [0, 0.1) is 0 Å². The van der Waals surface area contributed by atoms with E-state index in [1.807, 2.05) is 0 Å². The first-order valence-corrected chi connectivity index (χ1v) is 7.45. The monoisotopic (exact) mass is 260 g/mol. The fourth-order valence-electron chi connectivity index (χ4n) is 3.20. The van der Waals surface area contributed by atoms with Gasteiger partial charge in [0.2, 0.25) is 0 Å². The van der Waals surface area contributed by atoms with Crippen molar-refractivity contribution < 1.29 is 0 Å². The summed E-state index contributed by atoms with van der Waals surface area (Å²) in [5, 5.41) is 0. The molecule has 0 saturated carbocycles. The third-order valence-corrected chi connectivity index (χ3v) is 5.21. The average Bonchev–Trinajstić information content (AvgIpc) is 2.42. The maximum atomic E-state index is 6.56. The van der Waals surface area contributed by atoms with Crippen LogP contribution in [0.1, 0.15) is 63.6 Å². The fourth-order valence-corrected chi connectivity index (χ4v) is 3.20. The summed E-state index contributed by atoms with van der Waals surface area (Å²) in [5.74, 6) is 0.594. The average molecular weight is 260 g/mol. The minimum atomic E-state index is 0.128. The second-order valence-corrected chi connectivity index (χ2v) is 6.64. The van der Waals surface area contributed by atoms with Crippen LogP contribution in [0.3, 0.4) is 0 Å². The second-order valence-electron chi connectivity index (χ2n) is 6.64. The van der Waals surface area contributed by atoms with Crippen LogP contribution in [0.15, 0.2) is 24.3 Å². The Morgan fingerprint density at radius 3 is 2.42 bits per heavy atom. The van der Waals surface area contributed by atoms with E-state index in [-0.39, 0.29) is 11.6 Å². The van der Waals surface area contributed by atoms with Crippen LogP contribution in [0.5, 0.6) is 0 Å². The van der Waals surface area contributed by atoms with Crippen LogP contribution in [0.25, 0.3) is 0 Å². The van der Waals surface area contributed by atoms with Gasteiger partial charge < -0.3 is 5.73 Å². The smallest absolute Gasteiger partial charge is 0.0456 e. The van der Waals surface area contributed by atoms with Gasteiger partial charge in [-0.05, 0) is 50.8 Å². The van der Waals surface area contributed by atoms with E-state index in [0.717, 1.165) is 12.8 Å². The van der Waals surface area contributed by atoms with Crippen molar-refractivity contribution >= 4 is 0 Å². The zero-order valence-corrected chi connectivity index (χ0v) is 13.0. The lowest BCUT2D eigenvalue weighted by Crippen LogP contribution is -2.52. The molecule has 106 valence electrons. The highest BCUT2D eigenvalue weighted by atomic mass is 15.2. The van der Waals surface area contributed by atoms with Gasteiger partial charge in [-0.3, -0.25) is 4.90 Å². The lowest BCUT2D eigenvalue weighted by Gasteiger charge is -2.47. The Hall–Kier alpha value is -0.860.